The number of hydrogen-bond donors (Lipinski definition) is 2. The maximum absolute atomic E-state index is 5.21. The first kappa shape index (κ1) is 15.5. The molecule has 0 aromatic heterocycles. The van der Waals surface area contributed by atoms with Gasteiger partial charge in [0.05, 0.1) is 11.6 Å². The quantitative estimate of drug-likeness (QED) is 0.759. The fourth-order valence-electron chi connectivity index (χ4n) is 1.59. The highest BCUT2D eigenvalue weighted by Gasteiger charge is 2.12. The van der Waals surface area contributed by atoms with E-state index in [1.165, 1.54) is 5.56 Å². The number of ether oxygens (including phenoxy) is 1. The Hall–Kier alpha value is -0.580. The summed E-state index contributed by atoms with van der Waals surface area (Å²) in [6, 6.07) is 6.22. The van der Waals surface area contributed by atoms with Gasteiger partial charge in [-0.2, -0.15) is 0 Å². The van der Waals surface area contributed by atoms with E-state index in [2.05, 4.69) is 52.5 Å². The van der Waals surface area contributed by atoms with Gasteiger partial charge in [-0.1, -0.05) is 6.07 Å². The summed E-state index contributed by atoms with van der Waals surface area (Å²) in [5, 5.41) is 6.74. The van der Waals surface area contributed by atoms with Crippen LogP contribution in [0.5, 0.6) is 5.75 Å². The third kappa shape index (κ3) is 4.96. The first-order valence-corrected chi connectivity index (χ1v) is 7.00. The maximum Gasteiger partial charge on any atom is 0.133 e. The Bertz CT molecular complexity index is 380. The van der Waals surface area contributed by atoms with Crippen LogP contribution in [0, 0.1) is 0 Å². The number of methoxy groups -OCH3 is 1. The zero-order valence-corrected chi connectivity index (χ0v) is 13.2. The Morgan fingerprint density at radius 1 is 1.33 bits per heavy atom. The first-order chi connectivity index (χ1) is 8.48. The average Bonchev–Trinajstić information content (AvgIpc) is 2.35. The smallest absolute Gasteiger partial charge is 0.133 e. The van der Waals surface area contributed by atoms with Gasteiger partial charge < -0.3 is 15.4 Å². The zero-order chi connectivity index (χ0) is 13.6. The second-order valence-corrected chi connectivity index (χ2v) is 5.88. The molecule has 3 nitrogen and oxygen atoms in total. The van der Waals surface area contributed by atoms with Crippen molar-refractivity contribution in [2.24, 2.45) is 0 Å². The van der Waals surface area contributed by atoms with Crippen molar-refractivity contribution in [1.82, 2.24) is 10.6 Å². The van der Waals surface area contributed by atoms with Crippen LogP contribution in [-0.4, -0.2) is 32.8 Å². The molecule has 0 amide bonds. The number of rotatable bonds is 7. The van der Waals surface area contributed by atoms with E-state index in [1.807, 2.05) is 13.1 Å². The molecule has 102 valence electrons. The van der Waals surface area contributed by atoms with Crippen molar-refractivity contribution in [2.45, 2.75) is 25.8 Å². The molecule has 0 spiro atoms. The van der Waals surface area contributed by atoms with E-state index in [-0.39, 0.29) is 5.54 Å². The fraction of sp³-hybridized carbons (Fsp3) is 0.571. The van der Waals surface area contributed by atoms with E-state index in [0.29, 0.717) is 0 Å². The van der Waals surface area contributed by atoms with E-state index in [1.54, 1.807) is 7.11 Å². The van der Waals surface area contributed by atoms with Gasteiger partial charge in [0, 0.05) is 12.1 Å². The Labute approximate surface area is 118 Å². The fourth-order valence-corrected chi connectivity index (χ4v) is 2.18. The molecule has 1 aromatic rings. The molecular formula is C14H23BrN2O. The molecule has 0 aliphatic heterocycles. The molecule has 1 aromatic carbocycles. The van der Waals surface area contributed by atoms with Crippen LogP contribution in [0.25, 0.3) is 0 Å². The standard InChI is InChI=1S/C14H23BrN2O/c1-14(2,16-3)10-17-8-7-11-5-6-13(18-4)12(15)9-11/h5-6,9,16-17H,7-8,10H2,1-4H3. The Kier molecular flexibility index (Phi) is 6.12. The van der Waals surface area contributed by atoms with Crippen molar-refractivity contribution in [1.29, 1.82) is 0 Å². The molecule has 4 heteroatoms. The molecule has 0 radical (unpaired) electrons. The molecule has 0 saturated heterocycles. The molecule has 0 aliphatic carbocycles. The summed E-state index contributed by atoms with van der Waals surface area (Å²) in [4.78, 5) is 0. The molecule has 0 atom stereocenters. The van der Waals surface area contributed by atoms with Crippen molar-refractivity contribution in [3.8, 4) is 5.75 Å². The molecule has 18 heavy (non-hydrogen) atoms. The van der Waals surface area contributed by atoms with Gasteiger partial charge in [0.15, 0.2) is 0 Å². The lowest BCUT2D eigenvalue weighted by Crippen LogP contribution is -2.46. The summed E-state index contributed by atoms with van der Waals surface area (Å²) < 4.78 is 6.23. The summed E-state index contributed by atoms with van der Waals surface area (Å²) in [5.41, 5.74) is 1.44. The van der Waals surface area contributed by atoms with Crippen molar-refractivity contribution < 1.29 is 4.74 Å². The van der Waals surface area contributed by atoms with E-state index < -0.39 is 0 Å². The molecule has 0 unspecified atom stereocenters. The summed E-state index contributed by atoms with van der Waals surface area (Å²) in [6.07, 6.45) is 1.02. The zero-order valence-electron chi connectivity index (χ0n) is 11.6. The van der Waals surface area contributed by atoms with Crippen LogP contribution in [-0.2, 0) is 6.42 Å². The van der Waals surface area contributed by atoms with Gasteiger partial charge in [-0.05, 0) is 67.5 Å². The van der Waals surface area contributed by atoms with Crippen molar-refractivity contribution in [2.75, 3.05) is 27.2 Å². The monoisotopic (exact) mass is 314 g/mol. The second-order valence-electron chi connectivity index (χ2n) is 5.03. The van der Waals surface area contributed by atoms with Gasteiger partial charge >= 0.3 is 0 Å². The molecule has 0 heterocycles. The third-order valence-electron chi connectivity index (χ3n) is 3.05. The van der Waals surface area contributed by atoms with Crippen LogP contribution in [0.1, 0.15) is 19.4 Å². The lowest BCUT2D eigenvalue weighted by atomic mass is 10.1. The maximum atomic E-state index is 5.21. The van der Waals surface area contributed by atoms with Gasteiger partial charge in [0.25, 0.3) is 0 Å². The van der Waals surface area contributed by atoms with Crippen LogP contribution < -0.4 is 15.4 Å². The minimum atomic E-state index is 0.139. The van der Waals surface area contributed by atoms with E-state index in [0.717, 1.165) is 29.7 Å². The normalized spacial score (nSPS) is 11.6. The summed E-state index contributed by atoms with van der Waals surface area (Å²) in [7, 11) is 3.67. The van der Waals surface area contributed by atoms with Crippen molar-refractivity contribution in [3.63, 3.8) is 0 Å². The van der Waals surface area contributed by atoms with Gasteiger partial charge in [-0.15, -0.1) is 0 Å². The Morgan fingerprint density at radius 3 is 2.61 bits per heavy atom. The number of hydrogen-bond acceptors (Lipinski definition) is 3. The van der Waals surface area contributed by atoms with Gasteiger partial charge in [0.2, 0.25) is 0 Å². The topological polar surface area (TPSA) is 33.3 Å². The Morgan fingerprint density at radius 2 is 2.06 bits per heavy atom. The van der Waals surface area contributed by atoms with E-state index in [9.17, 15) is 0 Å². The van der Waals surface area contributed by atoms with Crippen molar-refractivity contribution >= 4 is 15.9 Å². The second kappa shape index (κ2) is 7.12. The largest absolute Gasteiger partial charge is 0.496 e. The minimum Gasteiger partial charge on any atom is -0.496 e. The predicted octanol–water partition coefficient (Wildman–Crippen LogP) is 2.59. The number of likely N-dealkylation sites (N-methyl/N-ethyl adjacent to an activating group) is 1. The molecule has 0 fully saturated rings. The highest BCUT2D eigenvalue weighted by molar-refractivity contribution is 9.10. The minimum absolute atomic E-state index is 0.139. The summed E-state index contributed by atoms with van der Waals surface area (Å²) in [5.74, 6) is 0.878. The average molecular weight is 315 g/mol. The molecule has 0 bridgehead atoms. The van der Waals surface area contributed by atoms with Gasteiger partial charge in [-0.3, -0.25) is 0 Å². The molecule has 0 aliphatic rings. The molecule has 1 rings (SSSR count). The van der Waals surface area contributed by atoms with Gasteiger partial charge in [0.1, 0.15) is 5.75 Å². The molecular weight excluding hydrogens is 292 g/mol. The Balaban J connectivity index is 2.38. The lowest BCUT2D eigenvalue weighted by molar-refractivity contribution is 0.395. The van der Waals surface area contributed by atoms with Crippen LogP contribution >= 0.6 is 15.9 Å². The molecule has 2 N–H and O–H groups in total. The van der Waals surface area contributed by atoms with E-state index >= 15 is 0 Å². The van der Waals surface area contributed by atoms with Crippen LogP contribution in [0.3, 0.4) is 0 Å². The van der Waals surface area contributed by atoms with Crippen LogP contribution in [0.15, 0.2) is 22.7 Å². The summed E-state index contributed by atoms with van der Waals surface area (Å²) in [6.45, 7) is 6.30. The number of benzene rings is 1. The lowest BCUT2D eigenvalue weighted by Gasteiger charge is -2.24. The highest BCUT2D eigenvalue weighted by atomic mass is 79.9. The number of halogens is 1. The third-order valence-corrected chi connectivity index (χ3v) is 3.67. The summed E-state index contributed by atoms with van der Waals surface area (Å²) >= 11 is 3.50. The number of nitrogens with one attached hydrogen (secondary N) is 2. The van der Waals surface area contributed by atoms with Gasteiger partial charge in [-0.25, -0.2) is 0 Å². The predicted molar refractivity (Wildman–Crippen MR) is 80.4 cm³/mol. The SMILES string of the molecule is CNC(C)(C)CNCCc1ccc(OC)c(Br)c1. The molecule has 0 saturated carbocycles. The van der Waals surface area contributed by atoms with E-state index in [4.69, 9.17) is 4.74 Å². The van der Waals surface area contributed by atoms with Crippen molar-refractivity contribution in [3.05, 3.63) is 28.2 Å². The first-order valence-electron chi connectivity index (χ1n) is 6.20. The van der Waals surface area contributed by atoms with Crippen LogP contribution in [0.2, 0.25) is 0 Å². The van der Waals surface area contributed by atoms with Crippen LogP contribution in [0.4, 0.5) is 0 Å². The highest BCUT2D eigenvalue weighted by Crippen LogP contribution is 2.25.